The molecule has 0 unspecified atom stereocenters. The topological polar surface area (TPSA) is 47.7 Å². The van der Waals surface area contributed by atoms with Gasteiger partial charge in [0.25, 0.3) is 0 Å². The lowest BCUT2D eigenvalue weighted by Crippen LogP contribution is -2.24. The first kappa shape index (κ1) is 10.9. The van der Waals surface area contributed by atoms with Gasteiger partial charge in [-0.1, -0.05) is 0 Å². The van der Waals surface area contributed by atoms with E-state index in [1.54, 1.807) is 6.20 Å². The molecule has 0 fully saturated rings. The van der Waals surface area contributed by atoms with Gasteiger partial charge in [0.15, 0.2) is 0 Å². The van der Waals surface area contributed by atoms with Gasteiger partial charge in [-0.25, -0.2) is 9.97 Å². The summed E-state index contributed by atoms with van der Waals surface area (Å²) in [5.74, 6) is 1.07. The van der Waals surface area contributed by atoms with Gasteiger partial charge in [-0.05, 0) is 6.92 Å². The van der Waals surface area contributed by atoms with Crippen molar-refractivity contribution in [1.29, 1.82) is 0 Å². The van der Waals surface area contributed by atoms with Gasteiger partial charge in [0, 0.05) is 51.0 Å². The van der Waals surface area contributed by atoms with E-state index in [1.807, 2.05) is 31.8 Å². The zero-order valence-electron chi connectivity index (χ0n) is 9.50. The molecule has 0 amide bonds. The minimum Gasteiger partial charge on any atom is -0.336 e. The summed E-state index contributed by atoms with van der Waals surface area (Å²) in [7, 11) is 0. The minimum absolute atomic E-state index is 0.961. The van der Waals surface area contributed by atoms with Gasteiger partial charge in [-0.15, -0.1) is 0 Å². The Morgan fingerprint density at radius 2 is 2.06 bits per heavy atom. The van der Waals surface area contributed by atoms with Crippen molar-refractivity contribution >= 4 is 0 Å². The third kappa shape index (κ3) is 2.93. The number of hydrogen-bond donors (Lipinski definition) is 1. The van der Waals surface area contributed by atoms with E-state index >= 15 is 0 Å². The fourth-order valence-corrected chi connectivity index (χ4v) is 1.59. The summed E-state index contributed by atoms with van der Waals surface area (Å²) in [4.78, 5) is 8.18. The minimum atomic E-state index is 0.961. The summed E-state index contributed by atoms with van der Waals surface area (Å²) in [6.07, 6.45) is 9.45. The standard InChI is InChI=1S/C11H17N5/c1-11-14-5-9-16(11)8-4-12-2-6-15-7-3-13-10-15/h3,5,7,9-10,12H,2,4,6,8H2,1H3. The summed E-state index contributed by atoms with van der Waals surface area (Å²) in [6, 6.07) is 0. The summed E-state index contributed by atoms with van der Waals surface area (Å²) < 4.78 is 4.21. The van der Waals surface area contributed by atoms with Crippen molar-refractivity contribution in [3.8, 4) is 0 Å². The van der Waals surface area contributed by atoms with E-state index in [-0.39, 0.29) is 0 Å². The molecule has 0 aromatic carbocycles. The molecule has 2 aromatic rings. The molecule has 0 saturated heterocycles. The van der Waals surface area contributed by atoms with Crippen LogP contribution in [0.1, 0.15) is 5.82 Å². The van der Waals surface area contributed by atoms with E-state index in [4.69, 9.17) is 0 Å². The fraction of sp³-hybridized carbons (Fsp3) is 0.455. The average molecular weight is 219 g/mol. The van der Waals surface area contributed by atoms with Crippen molar-refractivity contribution in [1.82, 2.24) is 24.4 Å². The SMILES string of the molecule is Cc1nccn1CCNCCn1ccnc1. The Kier molecular flexibility index (Phi) is 3.71. The molecule has 0 spiro atoms. The number of nitrogens with zero attached hydrogens (tertiary/aromatic N) is 4. The van der Waals surface area contributed by atoms with Crippen molar-refractivity contribution < 1.29 is 0 Å². The highest BCUT2D eigenvalue weighted by molar-refractivity contribution is 4.88. The highest BCUT2D eigenvalue weighted by atomic mass is 15.1. The van der Waals surface area contributed by atoms with Crippen LogP contribution in [0.5, 0.6) is 0 Å². The van der Waals surface area contributed by atoms with Crippen LogP contribution in [-0.4, -0.2) is 32.2 Å². The summed E-state index contributed by atoms with van der Waals surface area (Å²) in [6.45, 7) is 5.88. The Hall–Kier alpha value is -1.62. The number of nitrogens with one attached hydrogen (secondary N) is 1. The molecule has 0 aliphatic rings. The molecule has 2 rings (SSSR count). The van der Waals surface area contributed by atoms with Gasteiger partial charge < -0.3 is 14.5 Å². The molecule has 0 atom stereocenters. The lowest BCUT2D eigenvalue weighted by molar-refractivity contribution is 0.552. The van der Waals surface area contributed by atoms with E-state index < -0.39 is 0 Å². The van der Waals surface area contributed by atoms with Crippen molar-refractivity contribution in [3.05, 3.63) is 36.9 Å². The van der Waals surface area contributed by atoms with Crippen molar-refractivity contribution in [3.63, 3.8) is 0 Å². The lowest BCUT2D eigenvalue weighted by Gasteiger charge is -2.07. The van der Waals surface area contributed by atoms with Crippen molar-refractivity contribution in [2.45, 2.75) is 20.0 Å². The van der Waals surface area contributed by atoms with Crippen molar-refractivity contribution in [2.24, 2.45) is 0 Å². The maximum Gasteiger partial charge on any atom is 0.105 e. The Labute approximate surface area is 95.1 Å². The normalized spacial score (nSPS) is 10.8. The van der Waals surface area contributed by atoms with Gasteiger partial charge in [-0.2, -0.15) is 0 Å². The summed E-state index contributed by atoms with van der Waals surface area (Å²) in [5.41, 5.74) is 0. The van der Waals surface area contributed by atoms with Crippen LogP contribution in [-0.2, 0) is 13.1 Å². The van der Waals surface area contributed by atoms with Crippen molar-refractivity contribution in [2.75, 3.05) is 13.1 Å². The van der Waals surface area contributed by atoms with Crippen LogP contribution in [0.3, 0.4) is 0 Å². The molecule has 0 aliphatic heterocycles. The molecule has 0 radical (unpaired) electrons. The second-order valence-electron chi connectivity index (χ2n) is 3.72. The molecular formula is C11H17N5. The van der Waals surface area contributed by atoms with E-state index in [0.29, 0.717) is 0 Å². The first-order valence-electron chi connectivity index (χ1n) is 5.50. The third-order valence-electron chi connectivity index (χ3n) is 2.56. The second kappa shape index (κ2) is 5.46. The van der Waals surface area contributed by atoms with E-state index in [2.05, 4.69) is 24.4 Å². The first-order valence-corrected chi connectivity index (χ1v) is 5.50. The summed E-state index contributed by atoms with van der Waals surface area (Å²) in [5, 5.41) is 3.39. The molecule has 16 heavy (non-hydrogen) atoms. The Bertz CT molecular complexity index is 404. The Balaban J connectivity index is 1.61. The van der Waals surface area contributed by atoms with Gasteiger partial charge in [-0.3, -0.25) is 0 Å². The molecule has 0 saturated carbocycles. The van der Waals surface area contributed by atoms with Gasteiger partial charge in [0.2, 0.25) is 0 Å². The van der Waals surface area contributed by atoms with E-state index in [1.165, 1.54) is 0 Å². The first-order chi connectivity index (χ1) is 7.86. The molecule has 5 heteroatoms. The number of aromatic nitrogens is 4. The van der Waals surface area contributed by atoms with Crippen LogP contribution >= 0.6 is 0 Å². The van der Waals surface area contributed by atoms with E-state index in [9.17, 15) is 0 Å². The number of imidazole rings is 2. The molecule has 86 valence electrons. The van der Waals surface area contributed by atoms with Gasteiger partial charge in [0.1, 0.15) is 5.82 Å². The van der Waals surface area contributed by atoms with E-state index in [0.717, 1.165) is 32.0 Å². The summed E-state index contributed by atoms with van der Waals surface area (Å²) >= 11 is 0. The van der Waals surface area contributed by atoms with Crippen LogP contribution in [0, 0.1) is 6.92 Å². The number of rotatable bonds is 6. The van der Waals surface area contributed by atoms with Gasteiger partial charge >= 0.3 is 0 Å². The number of aryl methyl sites for hydroxylation is 1. The highest BCUT2D eigenvalue weighted by Gasteiger charge is 1.95. The van der Waals surface area contributed by atoms with Crippen LogP contribution in [0.15, 0.2) is 31.1 Å². The Morgan fingerprint density at radius 3 is 2.75 bits per heavy atom. The maximum absolute atomic E-state index is 4.18. The molecule has 2 heterocycles. The average Bonchev–Trinajstić information content (AvgIpc) is 2.90. The predicted molar refractivity (Wildman–Crippen MR) is 62.1 cm³/mol. The van der Waals surface area contributed by atoms with Gasteiger partial charge in [0.05, 0.1) is 6.33 Å². The zero-order chi connectivity index (χ0) is 11.2. The molecule has 0 aliphatic carbocycles. The van der Waals surface area contributed by atoms with Crippen LogP contribution in [0.25, 0.3) is 0 Å². The van der Waals surface area contributed by atoms with Crippen LogP contribution < -0.4 is 5.32 Å². The predicted octanol–water partition coefficient (Wildman–Crippen LogP) is 0.678. The third-order valence-corrected chi connectivity index (χ3v) is 2.56. The monoisotopic (exact) mass is 219 g/mol. The maximum atomic E-state index is 4.18. The largest absolute Gasteiger partial charge is 0.336 e. The number of hydrogen-bond acceptors (Lipinski definition) is 3. The lowest BCUT2D eigenvalue weighted by atomic mass is 10.5. The quantitative estimate of drug-likeness (QED) is 0.727. The molecule has 1 N–H and O–H groups in total. The fourth-order valence-electron chi connectivity index (χ4n) is 1.59. The highest BCUT2D eigenvalue weighted by Crippen LogP contribution is 1.93. The molecule has 5 nitrogen and oxygen atoms in total. The smallest absolute Gasteiger partial charge is 0.105 e. The zero-order valence-corrected chi connectivity index (χ0v) is 9.50. The second-order valence-corrected chi connectivity index (χ2v) is 3.72. The van der Waals surface area contributed by atoms with Crippen LogP contribution in [0.2, 0.25) is 0 Å². The molecular weight excluding hydrogens is 202 g/mol. The molecule has 2 aromatic heterocycles. The van der Waals surface area contributed by atoms with Crippen LogP contribution in [0.4, 0.5) is 0 Å². The Morgan fingerprint density at radius 1 is 1.19 bits per heavy atom. The molecule has 0 bridgehead atoms.